The molecule has 0 spiro atoms. The quantitative estimate of drug-likeness (QED) is 0.466. The lowest BCUT2D eigenvalue weighted by atomic mass is 9.88. The minimum Gasteiger partial charge on any atom is -0.352 e. The Morgan fingerprint density at radius 3 is 2.09 bits per heavy atom. The molecule has 0 heterocycles. The molecule has 8 heteroatoms. The first kappa shape index (κ1) is 23.9. The van der Waals surface area contributed by atoms with Gasteiger partial charge in [-0.1, -0.05) is 76.7 Å². The maximum absolute atomic E-state index is 12.7. The van der Waals surface area contributed by atoms with Crippen LogP contribution in [0.1, 0.15) is 33.8 Å². The largest absolute Gasteiger partial charge is 0.352 e. The average Bonchev–Trinajstić information content (AvgIpc) is 2.82. The fraction of sp³-hybridized carbons (Fsp3) is 0.208. The molecule has 0 saturated heterocycles. The molecule has 0 bridgehead atoms. The molecule has 0 aromatic heterocycles. The molecule has 0 aliphatic carbocycles. The second-order valence-electron chi connectivity index (χ2n) is 7.16. The van der Waals surface area contributed by atoms with E-state index in [0.717, 1.165) is 11.1 Å². The third kappa shape index (κ3) is 5.55. The van der Waals surface area contributed by atoms with Crippen LogP contribution in [0.2, 0.25) is 5.02 Å². The molecule has 3 aromatic rings. The number of benzene rings is 3. The number of halogens is 1. The highest BCUT2D eigenvalue weighted by atomic mass is 35.5. The van der Waals surface area contributed by atoms with E-state index in [1.807, 2.05) is 36.4 Å². The van der Waals surface area contributed by atoms with Gasteiger partial charge in [0.15, 0.2) is 0 Å². The van der Waals surface area contributed by atoms with Crippen LogP contribution in [0.4, 0.5) is 0 Å². The summed E-state index contributed by atoms with van der Waals surface area (Å²) in [7, 11) is -1.49. The third-order valence-corrected chi connectivity index (χ3v) is 7.35. The molecule has 32 heavy (non-hydrogen) atoms. The van der Waals surface area contributed by atoms with Gasteiger partial charge in [0.05, 0.1) is 12.1 Å². The predicted molar refractivity (Wildman–Crippen MR) is 125 cm³/mol. The Bertz CT molecular complexity index is 1120. The molecule has 0 unspecified atom stereocenters. The Morgan fingerprint density at radius 1 is 1.00 bits per heavy atom. The molecule has 1 N–H and O–H groups in total. The van der Waals surface area contributed by atoms with Crippen LogP contribution in [0.5, 0.6) is 0 Å². The lowest BCUT2D eigenvalue weighted by Crippen LogP contribution is -2.28. The number of hydrogen-bond acceptors (Lipinski definition) is 4. The molecule has 3 rings (SSSR count). The zero-order chi connectivity index (χ0) is 23.1. The van der Waals surface area contributed by atoms with Gasteiger partial charge in [-0.05, 0) is 35.7 Å². The van der Waals surface area contributed by atoms with E-state index in [0.29, 0.717) is 17.4 Å². The van der Waals surface area contributed by atoms with E-state index in [1.54, 1.807) is 0 Å². The van der Waals surface area contributed by atoms with Crippen molar-refractivity contribution in [3.05, 3.63) is 101 Å². The number of carbonyl (C=O) groups is 1. The van der Waals surface area contributed by atoms with E-state index in [2.05, 4.69) is 29.6 Å². The molecule has 0 atom stereocenters. The topological polar surface area (TPSA) is 75.7 Å². The van der Waals surface area contributed by atoms with Gasteiger partial charge in [0, 0.05) is 25.1 Å². The first-order valence-corrected chi connectivity index (χ1v) is 11.9. The van der Waals surface area contributed by atoms with E-state index in [9.17, 15) is 13.2 Å². The smallest absolute Gasteiger partial charge is 0.266 e. The highest BCUT2D eigenvalue weighted by molar-refractivity contribution is 7.89. The van der Waals surface area contributed by atoms with Crippen LogP contribution in [0.15, 0.2) is 83.8 Å². The zero-order valence-electron chi connectivity index (χ0n) is 17.9. The van der Waals surface area contributed by atoms with E-state index in [1.165, 1.54) is 32.4 Å². The lowest BCUT2D eigenvalue weighted by Gasteiger charge is -2.19. The maximum Gasteiger partial charge on any atom is 0.266 e. The Balaban J connectivity index is 1.74. The van der Waals surface area contributed by atoms with E-state index < -0.39 is 10.0 Å². The van der Waals surface area contributed by atoms with Gasteiger partial charge in [-0.25, -0.2) is 8.42 Å². The van der Waals surface area contributed by atoms with Crippen LogP contribution in [0.3, 0.4) is 0 Å². The van der Waals surface area contributed by atoms with Gasteiger partial charge in [0.1, 0.15) is 4.90 Å². The number of sulfonamides is 1. The van der Waals surface area contributed by atoms with E-state index >= 15 is 0 Å². The Kier molecular flexibility index (Phi) is 8.04. The molecule has 0 radical (unpaired) electrons. The molecule has 0 saturated carbocycles. The van der Waals surface area contributed by atoms with Gasteiger partial charge < -0.3 is 5.32 Å². The van der Waals surface area contributed by atoms with Gasteiger partial charge in [0.25, 0.3) is 15.9 Å². The van der Waals surface area contributed by atoms with Crippen LogP contribution < -0.4 is 5.32 Å². The summed E-state index contributed by atoms with van der Waals surface area (Å²) in [6.07, 6.45) is 0.685. The zero-order valence-corrected chi connectivity index (χ0v) is 19.4. The van der Waals surface area contributed by atoms with Gasteiger partial charge in [0.2, 0.25) is 0 Å². The normalized spacial score (nSPS) is 11.7. The predicted octanol–water partition coefficient (Wildman–Crippen LogP) is 4.47. The summed E-state index contributed by atoms with van der Waals surface area (Å²) >= 11 is 6.07. The minimum atomic E-state index is -3.98. The summed E-state index contributed by atoms with van der Waals surface area (Å²) in [5, 5.41) is 2.90. The maximum atomic E-state index is 12.7. The monoisotopic (exact) mass is 472 g/mol. The minimum absolute atomic E-state index is 0.0127. The van der Waals surface area contributed by atoms with Crippen molar-refractivity contribution in [1.82, 2.24) is 9.79 Å². The van der Waals surface area contributed by atoms with Crippen molar-refractivity contribution in [2.45, 2.75) is 17.2 Å². The SMILES string of the molecule is CON(C)S(=O)(=O)c1cc(C(=O)NCCC(c2ccccc2)c2ccccc2)ccc1Cl. The molecule has 168 valence electrons. The Labute approximate surface area is 193 Å². The first-order valence-electron chi connectivity index (χ1n) is 10.0. The number of nitrogens with zero attached hydrogens (tertiary/aromatic N) is 1. The Morgan fingerprint density at radius 2 is 1.56 bits per heavy atom. The van der Waals surface area contributed by atoms with Crippen molar-refractivity contribution < 1.29 is 18.0 Å². The second kappa shape index (κ2) is 10.7. The summed E-state index contributed by atoms with van der Waals surface area (Å²) in [4.78, 5) is 17.3. The third-order valence-electron chi connectivity index (χ3n) is 5.19. The Hall–Kier alpha value is -2.71. The molecule has 6 nitrogen and oxygen atoms in total. The fourth-order valence-electron chi connectivity index (χ4n) is 3.41. The molecular formula is C24H25ClN2O4S. The van der Waals surface area contributed by atoms with Crippen LogP contribution >= 0.6 is 11.6 Å². The van der Waals surface area contributed by atoms with Crippen LogP contribution in [-0.4, -0.2) is 39.5 Å². The molecule has 0 aliphatic heterocycles. The van der Waals surface area contributed by atoms with Gasteiger partial charge >= 0.3 is 0 Å². The lowest BCUT2D eigenvalue weighted by molar-refractivity contribution is -0.0258. The number of rotatable bonds is 9. The molecule has 3 aromatic carbocycles. The summed E-state index contributed by atoms with van der Waals surface area (Å²) < 4.78 is 25.8. The highest BCUT2D eigenvalue weighted by Gasteiger charge is 2.25. The standard InChI is InChI=1S/C24H25ClN2O4S/c1-27(31-2)32(29,30)23-17-20(13-14-22(23)25)24(28)26-16-15-21(18-9-5-3-6-10-18)19-11-7-4-8-12-19/h3-14,17,21H,15-16H2,1-2H3,(H,26,28). The van der Waals surface area contributed by atoms with Crippen LogP contribution in [0.25, 0.3) is 0 Å². The number of hydroxylamine groups is 1. The van der Waals surface area contributed by atoms with Gasteiger partial charge in [-0.15, -0.1) is 0 Å². The van der Waals surface area contributed by atoms with E-state index in [4.69, 9.17) is 16.4 Å². The first-order chi connectivity index (χ1) is 15.3. The summed E-state index contributed by atoms with van der Waals surface area (Å²) in [6, 6.07) is 24.4. The number of carbonyl (C=O) groups excluding carboxylic acids is 1. The summed E-state index contributed by atoms with van der Waals surface area (Å²) in [5.74, 6) is -0.257. The number of hydrogen-bond donors (Lipinski definition) is 1. The van der Waals surface area contributed by atoms with Gasteiger partial charge in [-0.2, -0.15) is 0 Å². The van der Waals surface area contributed by atoms with Crippen molar-refractivity contribution in [2.75, 3.05) is 20.7 Å². The van der Waals surface area contributed by atoms with Crippen molar-refractivity contribution in [1.29, 1.82) is 0 Å². The van der Waals surface area contributed by atoms with Gasteiger partial charge in [-0.3, -0.25) is 9.63 Å². The number of nitrogens with one attached hydrogen (secondary N) is 1. The van der Waals surface area contributed by atoms with Crippen molar-refractivity contribution >= 4 is 27.5 Å². The molecule has 0 fully saturated rings. The number of amides is 1. The molecule has 1 amide bonds. The summed E-state index contributed by atoms with van der Waals surface area (Å²) in [6.45, 7) is 0.413. The molecular weight excluding hydrogens is 448 g/mol. The molecule has 0 aliphatic rings. The van der Waals surface area contributed by atoms with E-state index in [-0.39, 0.29) is 27.3 Å². The average molecular weight is 473 g/mol. The second-order valence-corrected chi connectivity index (χ2v) is 9.47. The highest BCUT2D eigenvalue weighted by Crippen LogP contribution is 2.28. The van der Waals surface area contributed by atoms with Crippen LogP contribution in [-0.2, 0) is 14.9 Å². The summed E-state index contributed by atoms with van der Waals surface area (Å²) in [5.41, 5.74) is 2.53. The van der Waals surface area contributed by atoms with Crippen LogP contribution in [0, 0.1) is 0 Å². The fourth-order valence-corrected chi connectivity index (χ4v) is 4.88. The van der Waals surface area contributed by atoms with Crippen molar-refractivity contribution in [3.63, 3.8) is 0 Å². The van der Waals surface area contributed by atoms with Crippen molar-refractivity contribution in [3.8, 4) is 0 Å². The van der Waals surface area contributed by atoms with Crippen molar-refractivity contribution in [2.24, 2.45) is 0 Å².